The number of thiocarbonyl (C=S) groups is 1. The maximum atomic E-state index is 11.3. The average molecular weight is 284 g/mol. The minimum Gasteiger partial charge on any atom is -0.359 e. The Kier molecular flexibility index (Phi) is 3.87. The number of hydrogen-bond donors (Lipinski definition) is 2. The molecule has 6 heteroatoms. The fourth-order valence-electron chi connectivity index (χ4n) is 1.98. The summed E-state index contributed by atoms with van der Waals surface area (Å²) in [6, 6.07) is 7.79. The monoisotopic (exact) mass is 284 g/mol. The van der Waals surface area contributed by atoms with Crippen LogP contribution in [0.2, 0.25) is 0 Å². The highest BCUT2D eigenvalue weighted by Gasteiger charge is 2.28. The Hall–Kier alpha value is -1.14. The lowest BCUT2D eigenvalue weighted by Crippen LogP contribution is -2.38. The van der Waals surface area contributed by atoms with Gasteiger partial charge in [-0.25, -0.2) is 8.42 Å². The van der Waals surface area contributed by atoms with E-state index in [4.69, 9.17) is 12.2 Å². The normalized spacial score (nSPS) is 21.5. The summed E-state index contributed by atoms with van der Waals surface area (Å²) in [5, 5.41) is 6.58. The second-order valence-electron chi connectivity index (χ2n) is 4.57. The quantitative estimate of drug-likeness (QED) is 0.805. The van der Waals surface area contributed by atoms with E-state index in [1.54, 1.807) is 0 Å². The van der Waals surface area contributed by atoms with E-state index in [1.807, 2.05) is 31.2 Å². The largest absolute Gasteiger partial charge is 0.359 e. The molecular formula is C12H16N2O2S2. The Morgan fingerprint density at radius 1 is 1.44 bits per heavy atom. The van der Waals surface area contributed by atoms with Crippen LogP contribution >= 0.6 is 12.2 Å². The summed E-state index contributed by atoms with van der Waals surface area (Å²) >= 11 is 5.17. The predicted molar refractivity (Wildman–Crippen MR) is 77.6 cm³/mol. The van der Waals surface area contributed by atoms with Gasteiger partial charge in [-0.15, -0.1) is 0 Å². The molecule has 0 spiro atoms. The Labute approximate surface area is 113 Å². The molecule has 18 heavy (non-hydrogen) atoms. The fourth-order valence-corrected chi connectivity index (χ4v) is 3.94. The molecule has 0 bridgehead atoms. The summed E-state index contributed by atoms with van der Waals surface area (Å²) in [6.45, 7) is 2.01. The van der Waals surface area contributed by atoms with E-state index < -0.39 is 9.84 Å². The summed E-state index contributed by atoms with van der Waals surface area (Å²) in [5.74, 6) is 0.417. The first-order chi connectivity index (χ1) is 8.44. The molecule has 1 aliphatic heterocycles. The van der Waals surface area contributed by atoms with Crippen molar-refractivity contribution in [3.05, 3.63) is 29.8 Å². The fraction of sp³-hybridized carbons (Fsp3) is 0.417. The lowest BCUT2D eigenvalue weighted by molar-refractivity contribution is 0.600. The summed E-state index contributed by atoms with van der Waals surface area (Å²) in [7, 11) is -2.87. The minimum atomic E-state index is -2.87. The number of nitrogens with one attached hydrogen (secondary N) is 2. The maximum Gasteiger partial charge on any atom is 0.171 e. The van der Waals surface area contributed by atoms with Crippen molar-refractivity contribution in [1.82, 2.24) is 5.32 Å². The molecule has 0 aromatic heterocycles. The zero-order valence-corrected chi connectivity index (χ0v) is 11.8. The van der Waals surface area contributed by atoms with Crippen LogP contribution in [0, 0.1) is 6.92 Å². The standard InChI is InChI=1S/C12H16N2O2S2/c1-9-3-2-4-10(7-9)13-12(17)14-11-5-6-18(15,16)8-11/h2-4,7,11H,5-6,8H2,1H3,(H2,13,14,17)/t11-/m0/s1. The topological polar surface area (TPSA) is 58.2 Å². The number of aryl methyl sites for hydroxylation is 1. The SMILES string of the molecule is Cc1cccc(NC(=S)N[C@H]2CCS(=O)(=O)C2)c1. The molecule has 1 heterocycles. The van der Waals surface area contributed by atoms with E-state index in [2.05, 4.69) is 10.6 Å². The van der Waals surface area contributed by atoms with Gasteiger partial charge in [0.2, 0.25) is 0 Å². The Morgan fingerprint density at radius 3 is 2.83 bits per heavy atom. The molecule has 2 rings (SSSR count). The van der Waals surface area contributed by atoms with Gasteiger partial charge in [0.25, 0.3) is 0 Å². The molecule has 0 radical (unpaired) electrons. The van der Waals surface area contributed by atoms with E-state index in [0.29, 0.717) is 11.5 Å². The van der Waals surface area contributed by atoms with Crippen LogP contribution in [0.3, 0.4) is 0 Å². The molecule has 1 fully saturated rings. The second-order valence-corrected chi connectivity index (χ2v) is 7.20. The smallest absolute Gasteiger partial charge is 0.171 e. The van der Waals surface area contributed by atoms with Crippen LogP contribution in [0.15, 0.2) is 24.3 Å². The summed E-state index contributed by atoms with van der Waals surface area (Å²) in [4.78, 5) is 0. The van der Waals surface area contributed by atoms with Crippen molar-refractivity contribution in [1.29, 1.82) is 0 Å². The summed E-state index contributed by atoms with van der Waals surface area (Å²) < 4.78 is 22.6. The second kappa shape index (κ2) is 5.24. The van der Waals surface area contributed by atoms with E-state index in [-0.39, 0.29) is 17.5 Å². The van der Waals surface area contributed by atoms with Crippen LogP contribution in [0.5, 0.6) is 0 Å². The van der Waals surface area contributed by atoms with E-state index >= 15 is 0 Å². The van der Waals surface area contributed by atoms with Gasteiger partial charge >= 0.3 is 0 Å². The zero-order chi connectivity index (χ0) is 13.2. The Bertz CT molecular complexity index is 555. The number of sulfone groups is 1. The molecule has 1 atom stereocenters. The van der Waals surface area contributed by atoms with Crippen molar-refractivity contribution in [2.24, 2.45) is 0 Å². The molecular weight excluding hydrogens is 268 g/mol. The number of rotatable bonds is 2. The minimum absolute atomic E-state index is 0.0696. The molecule has 0 amide bonds. The molecule has 0 unspecified atom stereocenters. The van der Waals surface area contributed by atoms with Gasteiger partial charge in [-0.3, -0.25) is 0 Å². The van der Waals surface area contributed by atoms with Crippen molar-refractivity contribution in [2.45, 2.75) is 19.4 Å². The van der Waals surface area contributed by atoms with Crippen molar-refractivity contribution >= 4 is 32.9 Å². The zero-order valence-electron chi connectivity index (χ0n) is 10.1. The first-order valence-corrected chi connectivity index (χ1v) is 8.02. The molecule has 1 aliphatic rings. The van der Waals surface area contributed by atoms with Crippen molar-refractivity contribution in [3.63, 3.8) is 0 Å². The van der Waals surface area contributed by atoms with Gasteiger partial charge < -0.3 is 10.6 Å². The van der Waals surface area contributed by atoms with Gasteiger partial charge in [0.1, 0.15) is 0 Å². The predicted octanol–water partition coefficient (Wildman–Crippen LogP) is 1.47. The molecule has 4 nitrogen and oxygen atoms in total. The van der Waals surface area contributed by atoms with E-state index in [1.165, 1.54) is 0 Å². The molecule has 98 valence electrons. The molecule has 0 saturated carbocycles. The Morgan fingerprint density at radius 2 is 2.22 bits per heavy atom. The van der Waals surface area contributed by atoms with Crippen LogP contribution in [0.25, 0.3) is 0 Å². The van der Waals surface area contributed by atoms with E-state index in [0.717, 1.165) is 11.3 Å². The van der Waals surface area contributed by atoms with Gasteiger partial charge in [-0.05, 0) is 43.3 Å². The van der Waals surface area contributed by atoms with Crippen molar-refractivity contribution in [2.75, 3.05) is 16.8 Å². The Balaban J connectivity index is 1.90. The van der Waals surface area contributed by atoms with Crippen LogP contribution in [-0.2, 0) is 9.84 Å². The van der Waals surface area contributed by atoms with Gasteiger partial charge in [-0.1, -0.05) is 12.1 Å². The highest BCUT2D eigenvalue weighted by atomic mass is 32.2. The van der Waals surface area contributed by atoms with Crippen LogP contribution in [-0.4, -0.2) is 31.1 Å². The average Bonchev–Trinajstić information content (AvgIpc) is 2.57. The first kappa shape index (κ1) is 13.3. The molecule has 2 N–H and O–H groups in total. The third-order valence-electron chi connectivity index (χ3n) is 2.84. The molecule has 0 aliphatic carbocycles. The maximum absolute atomic E-state index is 11.3. The van der Waals surface area contributed by atoms with Gasteiger partial charge in [0.15, 0.2) is 14.9 Å². The number of anilines is 1. The van der Waals surface area contributed by atoms with Crippen LogP contribution in [0.4, 0.5) is 5.69 Å². The van der Waals surface area contributed by atoms with E-state index in [9.17, 15) is 8.42 Å². The highest BCUT2D eigenvalue weighted by Crippen LogP contribution is 2.12. The van der Waals surface area contributed by atoms with Gasteiger partial charge in [-0.2, -0.15) is 0 Å². The number of hydrogen-bond acceptors (Lipinski definition) is 3. The van der Waals surface area contributed by atoms with Crippen molar-refractivity contribution in [3.8, 4) is 0 Å². The third kappa shape index (κ3) is 3.68. The summed E-state index contributed by atoms with van der Waals surface area (Å²) in [5.41, 5.74) is 2.06. The first-order valence-electron chi connectivity index (χ1n) is 5.79. The van der Waals surface area contributed by atoms with Gasteiger partial charge in [0, 0.05) is 11.7 Å². The summed E-state index contributed by atoms with van der Waals surface area (Å²) in [6.07, 6.45) is 0.623. The van der Waals surface area contributed by atoms with Crippen LogP contribution < -0.4 is 10.6 Å². The molecule has 1 saturated heterocycles. The van der Waals surface area contributed by atoms with Crippen LogP contribution in [0.1, 0.15) is 12.0 Å². The molecule has 1 aromatic carbocycles. The molecule has 1 aromatic rings. The highest BCUT2D eigenvalue weighted by molar-refractivity contribution is 7.91. The van der Waals surface area contributed by atoms with Crippen molar-refractivity contribution < 1.29 is 8.42 Å². The lowest BCUT2D eigenvalue weighted by atomic mass is 10.2. The number of benzene rings is 1. The van der Waals surface area contributed by atoms with Gasteiger partial charge in [0.05, 0.1) is 11.5 Å². The third-order valence-corrected chi connectivity index (χ3v) is 4.83. The lowest BCUT2D eigenvalue weighted by Gasteiger charge is -2.15.